The lowest BCUT2D eigenvalue weighted by Gasteiger charge is -2.32. The van der Waals surface area contributed by atoms with Gasteiger partial charge < -0.3 is 21.5 Å². The molecule has 2 fully saturated rings. The van der Waals surface area contributed by atoms with Crippen molar-refractivity contribution in [3.63, 3.8) is 0 Å². The fourth-order valence-corrected chi connectivity index (χ4v) is 5.54. The van der Waals surface area contributed by atoms with Crippen molar-refractivity contribution in [2.24, 2.45) is 11.7 Å². The van der Waals surface area contributed by atoms with Crippen LogP contribution >= 0.6 is 0 Å². The summed E-state index contributed by atoms with van der Waals surface area (Å²) < 4.78 is 50.6. The Morgan fingerprint density at radius 3 is 2.42 bits per heavy atom. The molecule has 3 heterocycles. The van der Waals surface area contributed by atoms with E-state index in [1.54, 1.807) is 20.0 Å². The Balaban J connectivity index is 1.47. The fourth-order valence-electron chi connectivity index (χ4n) is 5.54. The molecule has 1 aliphatic heterocycles. The molecule has 1 aliphatic carbocycles. The molecule has 7 nitrogen and oxygen atoms in total. The van der Waals surface area contributed by atoms with Gasteiger partial charge in [0, 0.05) is 18.3 Å². The van der Waals surface area contributed by atoms with E-state index >= 15 is 8.78 Å². The van der Waals surface area contributed by atoms with Crippen molar-refractivity contribution in [1.82, 2.24) is 9.97 Å². The zero-order chi connectivity index (χ0) is 27.4. The van der Waals surface area contributed by atoms with Crippen molar-refractivity contribution in [3.8, 4) is 11.3 Å². The number of benzene rings is 1. The molecular weight excluding hydrogens is 495 g/mol. The number of nitrogens with two attached hydrogens (primary N) is 2. The summed E-state index contributed by atoms with van der Waals surface area (Å²) in [5.74, 6) is -3.32. The van der Waals surface area contributed by atoms with Crippen molar-refractivity contribution >= 4 is 17.3 Å². The van der Waals surface area contributed by atoms with E-state index in [1.807, 2.05) is 6.07 Å². The van der Waals surface area contributed by atoms with Gasteiger partial charge in [0.1, 0.15) is 22.9 Å². The van der Waals surface area contributed by atoms with Gasteiger partial charge in [-0.2, -0.15) is 0 Å². The Morgan fingerprint density at radius 1 is 1.11 bits per heavy atom. The van der Waals surface area contributed by atoms with Gasteiger partial charge in [-0.3, -0.25) is 9.78 Å². The highest BCUT2D eigenvalue weighted by Crippen LogP contribution is 2.47. The normalized spacial score (nSPS) is 26.7. The number of hydrogen-bond acceptors (Lipinski definition) is 6. The van der Waals surface area contributed by atoms with E-state index in [2.05, 4.69) is 22.2 Å². The summed E-state index contributed by atoms with van der Waals surface area (Å²) in [4.78, 5) is 21.4. The third kappa shape index (κ3) is 4.74. The van der Waals surface area contributed by atoms with E-state index in [0.717, 1.165) is 43.0 Å². The first-order valence-electron chi connectivity index (χ1n) is 12.6. The van der Waals surface area contributed by atoms with Gasteiger partial charge in [0.2, 0.25) is 0 Å². The maximum Gasteiger partial charge on any atom is 0.276 e. The molecule has 5 atom stereocenters. The van der Waals surface area contributed by atoms with Crippen LogP contribution in [0.4, 0.5) is 24.5 Å². The van der Waals surface area contributed by atoms with Crippen molar-refractivity contribution in [2.75, 3.05) is 11.1 Å². The van der Waals surface area contributed by atoms with Crippen LogP contribution in [0.3, 0.4) is 0 Å². The number of ether oxygens (including phenoxy) is 1. The van der Waals surface area contributed by atoms with Gasteiger partial charge in [0.25, 0.3) is 5.91 Å². The lowest BCUT2D eigenvalue weighted by molar-refractivity contribution is 0.102. The summed E-state index contributed by atoms with van der Waals surface area (Å²) in [5.41, 5.74) is 11.0. The van der Waals surface area contributed by atoms with Crippen molar-refractivity contribution < 1.29 is 22.7 Å². The standard InChI is InChI=1S/C28H30F3N5O2/c1-13-6-15(8-17(32)7-13)18-4-5-34-12-23(18)35-27(37)26-22(33)11-21(31)25(36-26)24-19(29)9-16(10-20(24)30)28(3)14(2)38-28/h4-5,9-15,17H,6-8,32-33H2,1-3H3,(H,35,37)/t13-,14?,15+,17-,28?/m0/s1. The second-order valence-corrected chi connectivity index (χ2v) is 10.6. The van der Waals surface area contributed by atoms with E-state index in [4.69, 9.17) is 16.2 Å². The molecular formula is C28H30F3N5O2. The minimum absolute atomic E-state index is 0.0471. The van der Waals surface area contributed by atoms with Crippen molar-refractivity contribution in [1.29, 1.82) is 0 Å². The summed E-state index contributed by atoms with van der Waals surface area (Å²) in [6, 6.07) is 4.90. The summed E-state index contributed by atoms with van der Waals surface area (Å²) >= 11 is 0. The van der Waals surface area contributed by atoms with Gasteiger partial charge in [0.05, 0.1) is 29.2 Å². The predicted octanol–water partition coefficient (Wildman–Crippen LogP) is 5.26. The fraction of sp³-hybridized carbons (Fsp3) is 0.393. The van der Waals surface area contributed by atoms with Gasteiger partial charge in [-0.1, -0.05) is 6.92 Å². The first kappa shape index (κ1) is 26.1. The van der Waals surface area contributed by atoms with Crippen LogP contribution in [0.1, 0.15) is 67.6 Å². The van der Waals surface area contributed by atoms with E-state index < -0.39 is 40.2 Å². The molecule has 5 rings (SSSR count). The average molecular weight is 526 g/mol. The molecule has 2 aromatic heterocycles. The summed E-state index contributed by atoms with van der Waals surface area (Å²) in [6.45, 7) is 5.64. The molecule has 0 bridgehead atoms. The third-order valence-corrected chi connectivity index (χ3v) is 7.73. The largest absolute Gasteiger partial charge is 0.397 e. The molecule has 2 aliphatic rings. The van der Waals surface area contributed by atoms with Crippen LogP contribution in [-0.4, -0.2) is 28.0 Å². The lowest BCUT2D eigenvalue weighted by Crippen LogP contribution is -2.31. The van der Waals surface area contributed by atoms with Crippen LogP contribution in [0.5, 0.6) is 0 Å². The zero-order valence-corrected chi connectivity index (χ0v) is 21.4. The number of nitrogens with zero attached hydrogens (tertiary/aromatic N) is 2. The molecule has 10 heteroatoms. The first-order chi connectivity index (χ1) is 18.0. The molecule has 0 spiro atoms. The van der Waals surface area contributed by atoms with Crippen molar-refractivity contribution in [3.05, 3.63) is 70.9 Å². The quantitative estimate of drug-likeness (QED) is 0.391. The Labute approximate surface area is 218 Å². The van der Waals surface area contributed by atoms with E-state index in [0.29, 0.717) is 17.2 Å². The number of carbonyl (C=O) groups excluding carboxylic acids is 1. The summed E-state index contributed by atoms with van der Waals surface area (Å²) in [6.07, 6.45) is 5.54. The Morgan fingerprint density at radius 2 is 1.79 bits per heavy atom. The minimum atomic E-state index is -1.06. The Hall–Kier alpha value is -3.50. The maximum absolute atomic E-state index is 15.1. The number of amides is 1. The Kier molecular flexibility index (Phi) is 6.65. The SMILES string of the molecule is CC1OC1(C)c1cc(F)c(-c2nc(C(=O)Nc3cnccc3[C@@H]3C[C@H](C)C[C@H](N)C3)c(N)cc2F)c(F)c1. The van der Waals surface area contributed by atoms with Crippen LogP contribution in [0, 0.1) is 23.4 Å². The number of aromatic nitrogens is 2. The van der Waals surface area contributed by atoms with Gasteiger partial charge in [0.15, 0.2) is 11.5 Å². The van der Waals surface area contributed by atoms with E-state index in [9.17, 15) is 9.18 Å². The van der Waals surface area contributed by atoms with Gasteiger partial charge >= 0.3 is 0 Å². The molecule has 200 valence electrons. The molecule has 1 amide bonds. The van der Waals surface area contributed by atoms with Crippen LogP contribution in [-0.2, 0) is 10.3 Å². The Bertz CT molecular complexity index is 1380. The number of carbonyl (C=O) groups is 1. The average Bonchev–Trinajstić information content (AvgIpc) is 3.46. The molecule has 1 aromatic carbocycles. The third-order valence-electron chi connectivity index (χ3n) is 7.73. The number of pyridine rings is 2. The van der Waals surface area contributed by atoms with E-state index in [1.165, 1.54) is 6.20 Å². The smallest absolute Gasteiger partial charge is 0.276 e. The number of nitrogen functional groups attached to an aromatic ring is 1. The lowest BCUT2D eigenvalue weighted by atomic mass is 9.76. The predicted molar refractivity (Wildman–Crippen MR) is 138 cm³/mol. The second-order valence-electron chi connectivity index (χ2n) is 10.6. The van der Waals surface area contributed by atoms with E-state index in [-0.39, 0.29) is 29.4 Å². The summed E-state index contributed by atoms with van der Waals surface area (Å²) in [5, 5.41) is 2.75. The number of halogens is 3. The van der Waals surface area contributed by atoms with Gasteiger partial charge in [-0.15, -0.1) is 0 Å². The number of rotatable bonds is 5. The monoisotopic (exact) mass is 525 g/mol. The molecule has 2 unspecified atom stereocenters. The van der Waals surface area contributed by atoms with Crippen molar-refractivity contribution in [2.45, 2.75) is 63.7 Å². The highest BCUT2D eigenvalue weighted by Gasteiger charge is 2.51. The molecule has 0 radical (unpaired) electrons. The van der Waals surface area contributed by atoms with Gasteiger partial charge in [-0.25, -0.2) is 18.2 Å². The number of nitrogens with one attached hydrogen (secondary N) is 1. The van der Waals surface area contributed by atoms with Crippen LogP contribution in [0.15, 0.2) is 36.7 Å². The van der Waals surface area contributed by atoms with Crippen LogP contribution < -0.4 is 16.8 Å². The maximum atomic E-state index is 15.1. The molecule has 5 N–H and O–H groups in total. The number of hydrogen-bond donors (Lipinski definition) is 3. The number of epoxide rings is 1. The second kappa shape index (κ2) is 9.67. The van der Waals surface area contributed by atoms with Crippen LogP contribution in [0.25, 0.3) is 11.3 Å². The number of anilines is 2. The molecule has 38 heavy (non-hydrogen) atoms. The molecule has 1 saturated carbocycles. The van der Waals surface area contributed by atoms with Gasteiger partial charge in [-0.05, 0) is 74.3 Å². The molecule has 3 aromatic rings. The molecule has 1 saturated heterocycles. The first-order valence-corrected chi connectivity index (χ1v) is 12.6. The topological polar surface area (TPSA) is 119 Å². The summed E-state index contributed by atoms with van der Waals surface area (Å²) in [7, 11) is 0. The highest BCUT2D eigenvalue weighted by atomic mass is 19.1. The zero-order valence-electron chi connectivity index (χ0n) is 21.4. The highest BCUT2D eigenvalue weighted by molar-refractivity contribution is 6.07. The van der Waals surface area contributed by atoms with Crippen LogP contribution in [0.2, 0.25) is 0 Å². The minimum Gasteiger partial charge on any atom is -0.397 e.